The number of rotatable bonds is 18. The minimum absolute atomic E-state index is 0.827. The molecule has 2 nitrogen and oxygen atoms in total. The monoisotopic (exact) mass is 477 g/mol. The molecule has 7 atom stereocenters. The Morgan fingerprint density at radius 3 is 2.12 bits per heavy atom. The van der Waals surface area contributed by atoms with Crippen molar-refractivity contribution in [3.05, 3.63) is 12.4 Å². The van der Waals surface area contributed by atoms with Crippen molar-refractivity contribution in [2.24, 2.45) is 47.3 Å². The maximum atomic E-state index is 4.31. The highest BCUT2D eigenvalue weighted by atomic mass is 15.2. The van der Waals surface area contributed by atoms with Crippen LogP contribution >= 0.6 is 0 Å². The zero-order valence-electron chi connectivity index (χ0n) is 25.0. The summed E-state index contributed by atoms with van der Waals surface area (Å²) >= 11 is 0. The molecule has 0 radical (unpaired) electrons. The van der Waals surface area contributed by atoms with E-state index in [1.165, 1.54) is 70.6 Å². The number of hydrogen-bond donors (Lipinski definition) is 1. The Labute approximate surface area is 216 Å². The maximum Gasteiger partial charge on any atom is 0.0936 e. The number of nitrogens with zero attached hydrogens (tertiary/aromatic N) is 1. The van der Waals surface area contributed by atoms with Crippen molar-refractivity contribution in [3.63, 3.8) is 0 Å². The molecule has 1 aliphatic rings. The van der Waals surface area contributed by atoms with E-state index in [1.54, 1.807) is 0 Å². The predicted octanol–water partition coefficient (Wildman–Crippen LogP) is 9.37. The summed E-state index contributed by atoms with van der Waals surface area (Å²) in [6.07, 6.45) is 14.9. The van der Waals surface area contributed by atoms with Gasteiger partial charge in [-0.15, -0.1) is 0 Å². The van der Waals surface area contributed by atoms with Crippen LogP contribution in [0.2, 0.25) is 0 Å². The van der Waals surface area contributed by atoms with E-state index in [1.807, 2.05) is 0 Å². The van der Waals surface area contributed by atoms with E-state index in [0.717, 1.165) is 66.3 Å². The fraction of sp³-hybridized carbons (Fsp3) is 0.938. The number of nitrogens with one attached hydrogen (secondary N) is 1. The SMILES string of the molecule is C=C(NCCCC(C)C(CC)C(CC)CC)N(C)CCCCCC1CC(CC)C(C)C(C)[C@H]1C. The summed E-state index contributed by atoms with van der Waals surface area (Å²) < 4.78 is 0. The first-order valence-electron chi connectivity index (χ1n) is 15.3. The Morgan fingerprint density at radius 1 is 0.882 bits per heavy atom. The van der Waals surface area contributed by atoms with Gasteiger partial charge < -0.3 is 10.2 Å². The highest BCUT2D eigenvalue weighted by molar-refractivity contribution is 4.89. The molecule has 202 valence electrons. The van der Waals surface area contributed by atoms with E-state index in [4.69, 9.17) is 0 Å². The lowest BCUT2D eigenvalue weighted by molar-refractivity contribution is 0.0587. The molecule has 0 saturated heterocycles. The van der Waals surface area contributed by atoms with Gasteiger partial charge in [-0.1, -0.05) is 107 Å². The fourth-order valence-corrected chi connectivity index (χ4v) is 7.24. The zero-order valence-corrected chi connectivity index (χ0v) is 25.0. The van der Waals surface area contributed by atoms with Gasteiger partial charge in [-0.25, -0.2) is 0 Å². The van der Waals surface area contributed by atoms with Gasteiger partial charge in [0, 0.05) is 20.1 Å². The van der Waals surface area contributed by atoms with Gasteiger partial charge in [-0.3, -0.25) is 0 Å². The highest BCUT2D eigenvalue weighted by Gasteiger charge is 2.36. The lowest BCUT2D eigenvalue weighted by atomic mass is 9.62. The molecular formula is C32H64N2. The summed E-state index contributed by atoms with van der Waals surface area (Å²) in [6.45, 7) is 26.0. The Morgan fingerprint density at radius 2 is 1.53 bits per heavy atom. The van der Waals surface area contributed by atoms with Crippen LogP contribution in [0.1, 0.15) is 126 Å². The summed E-state index contributed by atoms with van der Waals surface area (Å²) in [5.41, 5.74) is 0. The smallest absolute Gasteiger partial charge is 0.0936 e. The molecule has 0 aromatic heterocycles. The molecule has 0 aromatic rings. The van der Waals surface area contributed by atoms with E-state index >= 15 is 0 Å². The molecule has 0 spiro atoms. The summed E-state index contributed by atoms with van der Waals surface area (Å²) in [6, 6.07) is 0. The average molecular weight is 477 g/mol. The van der Waals surface area contributed by atoms with E-state index in [9.17, 15) is 0 Å². The number of hydrogen-bond acceptors (Lipinski definition) is 2. The van der Waals surface area contributed by atoms with Crippen molar-refractivity contribution >= 4 is 0 Å². The van der Waals surface area contributed by atoms with Crippen LogP contribution in [0.25, 0.3) is 0 Å². The second-order valence-electron chi connectivity index (χ2n) is 12.2. The van der Waals surface area contributed by atoms with Gasteiger partial charge >= 0.3 is 0 Å². The van der Waals surface area contributed by atoms with Crippen LogP contribution < -0.4 is 5.32 Å². The molecule has 1 rings (SSSR count). The summed E-state index contributed by atoms with van der Waals surface area (Å²) in [5, 5.41) is 3.60. The minimum Gasteiger partial charge on any atom is -0.372 e. The topological polar surface area (TPSA) is 15.3 Å². The first kappa shape index (κ1) is 31.4. The van der Waals surface area contributed by atoms with Crippen molar-refractivity contribution in [3.8, 4) is 0 Å². The molecule has 0 aliphatic heterocycles. The highest BCUT2D eigenvalue weighted by Crippen LogP contribution is 2.45. The maximum absolute atomic E-state index is 4.31. The zero-order chi connectivity index (χ0) is 25.7. The molecule has 1 fully saturated rings. The van der Waals surface area contributed by atoms with E-state index in [-0.39, 0.29) is 0 Å². The standard InChI is InChI=1S/C32H64N2/c1-11-29(12-2)32(14-4)24(5)19-18-21-33-28(9)34(10)22-17-15-16-20-31-23-30(13-3)26(7)25(6)27(31)8/h24-27,29-33H,9,11-23H2,1-8,10H3/t24?,25?,26?,27-,30?,31?,32?/m1/s1. The minimum atomic E-state index is 0.827. The Bertz CT molecular complexity index is 523. The molecule has 0 amide bonds. The Kier molecular flexibility index (Phi) is 15.6. The molecule has 0 bridgehead atoms. The average Bonchev–Trinajstić information content (AvgIpc) is 2.84. The fourth-order valence-electron chi connectivity index (χ4n) is 7.24. The van der Waals surface area contributed by atoms with Gasteiger partial charge in [0.1, 0.15) is 0 Å². The number of unbranched alkanes of at least 4 members (excludes halogenated alkanes) is 2. The molecule has 0 heterocycles. The van der Waals surface area contributed by atoms with Crippen LogP contribution in [-0.4, -0.2) is 25.0 Å². The molecule has 1 aliphatic carbocycles. The van der Waals surface area contributed by atoms with Gasteiger partial charge in [0.05, 0.1) is 5.82 Å². The van der Waals surface area contributed by atoms with Crippen molar-refractivity contribution in [2.45, 2.75) is 126 Å². The van der Waals surface area contributed by atoms with E-state index in [2.05, 4.69) is 79.2 Å². The van der Waals surface area contributed by atoms with Gasteiger partial charge in [-0.05, 0) is 73.0 Å². The van der Waals surface area contributed by atoms with Crippen LogP contribution in [0.3, 0.4) is 0 Å². The summed E-state index contributed by atoms with van der Waals surface area (Å²) in [4.78, 5) is 2.34. The largest absolute Gasteiger partial charge is 0.372 e. The third-order valence-electron chi connectivity index (χ3n) is 10.3. The van der Waals surface area contributed by atoms with Crippen molar-refractivity contribution < 1.29 is 0 Å². The van der Waals surface area contributed by atoms with Crippen LogP contribution in [0.5, 0.6) is 0 Å². The van der Waals surface area contributed by atoms with Crippen molar-refractivity contribution in [2.75, 3.05) is 20.1 Å². The third-order valence-corrected chi connectivity index (χ3v) is 10.3. The van der Waals surface area contributed by atoms with Crippen molar-refractivity contribution in [1.29, 1.82) is 0 Å². The van der Waals surface area contributed by atoms with E-state index < -0.39 is 0 Å². The van der Waals surface area contributed by atoms with Crippen LogP contribution in [-0.2, 0) is 0 Å². The van der Waals surface area contributed by atoms with Crippen LogP contribution in [0, 0.1) is 47.3 Å². The Balaban J connectivity index is 2.21. The lowest BCUT2D eigenvalue weighted by Crippen LogP contribution is -2.36. The predicted molar refractivity (Wildman–Crippen MR) is 154 cm³/mol. The van der Waals surface area contributed by atoms with E-state index in [0.29, 0.717) is 0 Å². The summed E-state index contributed by atoms with van der Waals surface area (Å²) in [7, 11) is 2.20. The molecule has 2 heteroatoms. The normalized spacial score (nSPS) is 26.9. The van der Waals surface area contributed by atoms with Crippen LogP contribution in [0.4, 0.5) is 0 Å². The third kappa shape index (κ3) is 9.77. The quantitative estimate of drug-likeness (QED) is 0.198. The molecule has 1 saturated carbocycles. The Hall–Kier alpha value is -0.660. The molecule has 6 unspecified atom stereocenters. The molecule has 1 N–H and O–H groups in total. The van der Waals surface area contributed by atoms with Crippen molar-refractivity contribution in [1.82, 2.24) is 10.2 Å². The van der Waals surface area contributed by atoms with Gasteiger partial charge in [0.25, 0.3) is 0 Å². The second-order valence-corrected chi connectivity index (χ2v) is 12.2. The second kappa shape index (κ2) is 16.9. The molecule has 0 aromatic carbocycles. The van der Waals surface area contributed by atoms with Crippen LogP contribution in [0.15, 0.2) is 12.4 Å². The first-order valence-corrected chi connectivity index (χ1v) is 15.3. The van der Waals surface area contributed by atoms with Gasteiger partial charge in [0.2, 0.25) is 0 Å². The lowest BCUT2D eigenvalue weighted by Gasteiger charge is -2.44. The van der Waals surface area contributed by atoms with Gasteiger partial charge in [0.15, 0.2) is 0 Å². The summed E-state index contributed by atoms with van der Waals surface area (Å²) in [5.74, 6) is 8.31. The van der Waals surface area contributed by atoms with Gasteiger partial charge in [-0.2, -0.15) is 0 Å². The molecular weight excluding hydrogens is 412 g/mol. The first-order chi connectivity index (χ1) is 16.2. The molecule has 34 heavy (non-hydrogen) atoms.